The summed E-state index contributed by atoms with van der Waals surface area (Å²) >= 11 is 0. The number of hydrogen-bond donors (Lipinski definition) is 0. The lowest BCUT2D eigenvalue weighted by Crippen LogP contribution is -2.21. The molecule has 10 heavy (non-hydrogen) atoms. The zero-order chi connectivity index (χ0) is 7.40. The molecule has 0 aliphatic heterocycles. The maximum absolute atomic E-state index is 5.33. The third-order valence-electron chi connectivity index (χ3n) is 2.20. The maximum atomic E-state index is 5.33. The van der Waals surface area contributed by atoms with E-state index >= 15 is 0 Å². The standard InChI is InChI=1S/C9H16O/c1-3-8-5-6-9(8)7-10-4-2/h3,9H,4-7H2,1-2H3/b8-3+/t9-/m0/s1. The van der Waals surface area contributed by atoms with Crippen molar-refractivity contribution < 1.29 is 4.74 Å². The minimum Gasteiger partial charge on any atom is -0.381 e. The molecule has 0 radical (unpaired) electrons. The molecule has 0 spiro atoms. The van der Waals surface area contributed by atoms with E-state index in [0.29, 0.717) is 0 Å². The van der Waals surface area contributed by atoms with Crippen LogP contribution >= 0.6 is 0 Å². The van der Waals surface area contributed by atoms with Gasteiger partial charge in [0.15, 0.2) is 0 Å². The minimum absolute atomic E-state index is 0.755. The summed E-state index contributed by atoms with van der Waals surface area (Å²) in [6, 6.07) is 0. The molecule has 58 valence electrons. The Bertz CT molecular complexity index is 127. The highest BCUT2D eigenvalue weighted by Gasteiger charge is 2.22. The average molecular weight is 140 g/mol. The van der Waals surface area contributed by atoms with Crippen LogP contribution in [0.1, 0.15) is 26.7 Å². The lowest BCUT2D eigenvalue weighted by Gasteiger charge is -2.29. The number of rotatable bonds is 3. The van der Waals surface area contributed by atoms with Gasteiger partial charge in [-0.15, -0.1) is 0 Å². The Kier molecular flexibility index (Phi) is 2.94. The van der Waals surface area contributed by atoms with Crippen LogP contribution in [0.15, 0.2) is 11.6 Å². The molecule has 0 saturated heterocycles. The van der Waals surface area contributed by atoms with Crippen molar-refractivity contribution in [3.8, 4) is 0 Å². The molecule has 0 bridgehead atoms. The molecule has 1 fully saturated rings. The van der Waals surface area contributed by atoms with Gasteiger partial charge in [-0.3, -0.25) is 0 Å². The highest BCUT2D eigenvalue weighted by molar-refractivity contribution is 5.13. The van der Waals surface area contributed by atoms with Crippen LogP contribution < -0.4 is 0 Å². The number of hydrogen-bond acceptors (Lipinski definition) is 1. The van der Waals surface area contributed by atoms with Crippen LogP contribution in [0, 0.1) is 5.92 Å². The Balaban J connectivity index is 2.17. The van der Waals surface area contributed by atoms with E-state index < -0.39 is 0 Å². The molecule has 1 aliphatic rings. The monoisotopic (exact) mass is 140 g/mol. The summed E-state index contributed by atoms with van der Waals surface area (Å²) in [5.41, 5.74) is 1.59. The fourth-order valence-corrected chi connectivity index (χ4v) is 1.35. The normalized spacial score (nSPS) is 28.6. The Hall–Kier alpha value is -0.300. The molecule has 1 rings (SSSR count). The third-order valence-corrected chi connectivity index (χ3v) is 2.20. The fraction of sp³-hybridized carbons (Fsp3) is 0.778. The maximum Gasteiger partial charge on any atom is 0.0531 e. The minimum atomic E-state index is 0.755. The largest absolute Gasteiger partial charge is 0.381 e. The van der Waals surface area contributed by atoms with Crippen molar-refractivity contribution in [3.05, 3.63) is 11.6 Å². The molecule has 0 unspecified atom stereocenters. The highest BCUT2D eigenvalue weighted by Crippen LogP contribution is 2.33. The van der Waals surface area contributed by atoms with Crippen LogP contribution in [0.25, 0.3) is 0 Å². The highest BCUT2D eigenvalue weighted by atomic mass is 16.5. The van der Waals surface area contributed by atoms with E-state index in [0.717, 1.165) is 19.1 Å². The molecule has 0 aromatic rings. The molecular weight excluding hydrogens is 124 g/mol. The first-order valence-electron chi connectivity index (χ1n) is 4.11. The third kappa shape index (κ3) is 1.60. The topological polar surface area (TPSA) is 9.23 Å². The van der Waals surface area contributed by atoms with Gasteiger partial charge in [0, 0.05) is 12.5 Å². The summed E-state index contributed by atoms with van der Waals surface area (Å²) in [6.07, 6.45) is 4.86. The van der Waals surface area contributed by atoms with Crippen LogP contribution in [0.5, 0.6) is 0 Å². The molecule has 0 heterocycles. The van der Waals surface area contributed by atoms with Crippen molar-refractivity contribution in [3.63, 3.8) is 0 Å². The van der Waals surface area contributed by atoms with Crippen LogP contribution in [-0.4, -0.2) is 13.2 Å². The summed E-state index contributed by atoms with van der Waals surface area (Å²) in [5.74, 6) is 0.755. The van der Waals surface area contributed by atoms with Gasteiger partial charge < -0.3 is 4.74 Å². The first kappa shape index (κ1) is 7.80. The smallest absolute Gasteiger partial charge is 0.0531 e. The van der Waals surface area contributed by atoms with Crippen molar-refractivity contribution in [1.82, 2.24) is 0 Å². The van der Waals surface area contributed by atoms with Crippen LogP contribution in [-0.2, 0) is 4.74 Å². The van der Waals surface area contributed by atoms with Crippen molar-refractivity contribution in [1.29, 1.82) is 0 Å². The Labute approximate surface area is 63.1 Å². The van der Waals surface area contributed by atoms with Crippen LogP contribution in [0.4, 0.5) is 0 Å². The van der Waals surface area contributed by atoms with E-state index in [9.17, 15) is 0 Å². The second-order valence-corrected chi connectivity index (χ2v) is 2.76. The predicted octanol–water partition coefficient (Wildman–Crippen LogP) is 2.38. The lowest BCUT2D eigenvalue weighted by molar-refractivity contribution is 0.104. The van der Waals surface area contributed by atoms with Gasteiger partial charge in [0.05, 0.1) is 6.61 Å². The quantitative estimate of drug-likeness (QED) is 0.547. The first-order valence-corrected chi connectivity index (χ1v) is 4.11. The lowest BCUT2D eigenvalue weighted by atomic mass is 9.80. The molecule has 1 aliphatic carbocycles. The molecule has 0 N–H and O–H groups in total. The summed E-state index contributed by atoms with van der Waals surface area (Å²) in [7, 11) is 0. The summed E-state index contributed by atoms with van der Waals surface area (Å²) < 4.78 is 5.33. The Morgan fingerprint density at radius 1 is 1.70 bits per heavy atom. The molecule has 1 saturated carbocycles. The second kappa shape index (κ2) is 3.77. The fourth-order valence-electron chi connectivity index (χ4n) is 1.35. The van der Waals surface area contributed by atoms with Crippen molar-refractivity contribution in [2.45, 2.75) is 26.7 Å². The van der Waals surface area contributed by atoms with Crippen LogP contribution in [0.3, 0.4) is 0 Å². The average Bonchev–Trinajstić information content (AvgIpc) is 1.88. The summed E-state index contributed by atoms with van der Waals surface area (Å²) in [4.78, 5) is 0. The zero-order valence-corrected chi connectivity index (χ0v) is 6.89. The van der Waals surface area contributed by atoms with Crippen molar-refractivity contribution >= 4 is 0 Å². The van der Waals surface area contributed by atoms with Crippen molar-refractivity contribution in [2.24, 2.45) is 5.92 Å². The predicted molar refractivity (Wildman–Crippen MR) is 43.0 cm³/mol. The Morgan fingerprint density at radius 3 is 2.90 bits per heavy atom. The second-order valence-electron chi connectivity index (χ2n) is 2.76. The van der Waals surface area contributed by atoms with Gasteiger partial charge in [-0.25, -0.2) is 0 Å². The zero-order valence-electron chi connectivity index (χ0n) is 6.89. The van der Waals surface area contributed by atoms with E-state index in [1.807, 2.05) is 6.92 Å². The van der Waals surface area contributed by atoms with Gasteiger partial charge >= 0.3 is 0 Å². The van der Waals surface area contributed by atoms with Gasteiger partial charge in [0.1, 0.15) is 0 Å². The summed E-state index contributed by atoms with van der Waals surface area (Å²) in [5, 5.41) is 0. The molecule has 1 nitrogen and oxygen atoms in total. The molecule has 0 amide bonds. The van der Waals surface area contributed by atoms with E-state index in [2.05, 4.69) is 13.0 Å². The van der Waals surface area contributed by atoms with Gasteiger partial charge in [-0.1, -0.05) is 11.6 Å². The van der Waals surface area contributed by atoms with Gasteiger partial charge in [-0.05, 0) is 26.7 Å². The molecule has 1 atom stereocenters. The van der Waals surface area contributed by atoms with Crippen molar-refractivity contribution in [2.75, 3.05) is 13.2 Å². The summed E-state index contributed by atoms with van der Waals surface area (Å²) in [6.45, 7) is 5.96. The van der Waals surface area contributed by atoms with Gasteiger partial charge in [0.25, 0.3) is 0 Å². The number of ether oxygens (including phenoxy) is 1. The molecule has 0 aromatic carbocycles. The SMILES string of the molecule is C/C=C1\CC[C@H]1COCC. The molecule has 1 heteroatoms. The van der Waals surface area contributed by atoms with E-state index in [-0.39, 0.29) is 0 Å². The van der Waals surface area contributed by atoms with Gasteiger partial charge in [0.2, 0.25) is 0 Å². The molecule has 0 aromatic heterocycles. The first-order chi connectivity index (χ1) is 4.88. The van der Waals surface area contributed by atoms with E-state index in [1.165, 1.54) is 12.8 Å². The van der Waals surface area contributed by atoms with Gasteiger partial charge in [-0.2, -0.15) is 0 Å². The Morgan fingerprint density at radius 2 is 2.50 bits per heavy atom. The van der Waals surface area contributed by atoms with E-state index in [1.54, 1.807) is 5.57 Å². The molecular formula is C9H16O. The van der Waals surface area contributed by atoms with E-state index in [4.69, 9.17) is 4.74 Å². The number of allylic oxidation sites excluding steroid dienone is 1. The van der Waals surface area contributed by atoms with Crippen LogP contribution in [0.2, 0.25) is 0 Å².